The van der Waals surface area contributed by atoms with Crippen molar-refractivity contribution in [3.8, 4) is 6.07 Å². The van der Waals surface area contributed by atoms with Crippen molar-refractivity contribution in [2.24, 2.45) is 11.3 Å². The first kappa shape index (κ1) is 20.2. The number of fused-ring (bicyclic) bond motifs is 1. The van der Waals surface area contributed by atoms with Crippen LogP contribution in [0.25, 0.3) is 0 Å². The number of benzene rings is 1. The fourth-order valence-electron chi connectivity index (χ4n) is 5.39. The summed E-state index contributed by atoms with van der Waals surface area (Å²) in [7, 11) is 0. The normalized spacial score (nSPS) is 26.2. The van der Waals surface area contributed by atoms with E-state index in [-0.39, 0.29) is 29.6 Å². The van der Waals surface area contributed by atoms with Crippen LogP contribution < -0.4 is 10.6 Å². The minimum absolute atomic E-state index is 0.137. The van der Waals surface area contributed by atoms with Gasteiger partial charge in [0, 0.05) is 57.2 Å². The molecule has 0 bridgehead atoms. The maximum absolute atomic E-state index is 12.8. The fourth-order valence-corrected chi connectivity index (χ4v) is 5.39. The van der Waals surface area contributed by atoms with Crippen molar-refractivity contribution in [1.29, 1.82) is 5.26 Å². The van der Waals surface area contributed by atoms with Gasteiger partial charge in [0.05, 0.1) is 11.5 Å². The van der Waals surface area contributed by atoms with Crippen molar-refractivity contribution in [3.63, 3.8) is 0 Å². The molecule has 8 heteroatoms. The van der Waals surface area contributed by atoms with Crippen LogP contribution in [-0.4, -0.2) is 59.7 Å². The number of likely N-dealkylation sites (tertiary alicyclic amines) is 1. The SMILES string of the molecule is N#CC1(C2CNC2)CCN(Cc2ccc3c(c2)CN(C2CCC(=O)NC2=O)C3=O)CC1. The molecular weight excluding hydrogens is 394 g/mol. The molecule has 2 N–H and O–H groups in total. The van der Waals surface area contributed by atoms with Crippen molar-refractivity contribution in [1.82, 2.24) is 20.4 Å². The summed E-state index contributed by atoms with van der Waals surface area (Å²) in [5, 5.41) is 15.4. The van der Waals surface area contributed by atoms with Gasteiger partial charge in [-0.2, -0.15) is 5.26 Å². The molecule has 4 heterocycles. The molecule has 8 nitrogen and oxygen atoms in total. The Morgan fingerprint density at radius 3 is 2.58 bits per heavy atom. The van der Waals surface area contributed by atoms with Crippen LogP contribution in [0.1, 0.15) is 47.2 Å². The molecular formula is C23H27N5O3. The lowest BCUT2D eigenvalue weighted by atomic mass is 9.67. The van der Waals surface area contributed by atoms with Crippen LogP contribution in [0, 0.1) is 22.7 Å². The molecule has 0 spiro atoms. The van der Waals surface area contributed by atoms with E-state index in [1.54, 1.807) is 4.90 Å². The second kappa shape index (κ2) is 7.74. The van der Waals surface area contributed by atoms with E-state index in [0.29, 0.717) is 24.4 Å². The number of amides is 3. The van der Waals surface area contributed by atoms with E-state index in [1.165, 1.54) is 0 Å². The molecule has 162 valence electrons. The molecule has 4 aliphatic rings. The molecule has 0 radical (unpaired) electrons. The predicted octanol–water partition coefficient (Wildman–Crippen LogP) is 0.773. The summed E-state index contributed by atoms with van der Waals surface area (Å²) < 4.78 is 0. The van der Waals surface area contributed by atoms with Crippen LogP contribution in [0.5, 0.6) is 0 Å². The van der Waals surface area contributed by atoms with E-state index in [9.17, 15) is 19.6 Å². The molecule has 1 aromatic carbocycles. The van der Waals surface area contributed by atoms with Gasteiger partial charge in [-0.15, -0.1) is 0 Å². The summed E-state index contributed by atoms with van der Waals surface area (Å²) in [6, 6.07) is 7.97. The van der Waals surface area contributed by atoms with Gasteiger partial charge < -0.3 is 10.2 Å². The Bertz CT molecular complexity index is 972. The van der Waals surface area contributed by atoms with Gasteiger partial charge in [-0.05, 0) is 36.5 Å². The lowest BCUT2D eigenvalue weighted by molar-refractivity contribution is -0.136. The lowest BCUT2D eigenvalue weighted by Gasteiger charge is -2.46. The molecule has 1 atom stereocenters. The van der Waals surface area contributed by atoms with E-state index >= 15 is 0 Å². The first-order valence-electron chi connectivity index (χ1n) is 11.1. The minimum Gasteiger partial charge on any atom is -0.322 e. The van der Waals surface area contributed by atoms with Crippen LogP contribution in [0.2, 0.25) is 0 Å². The monoisotopic (exact) mass is 421 g/mol. The summed E-state index contributed by atoms with van der Waals surface area (Å²) in [5.41, 5.74) is 2.55. The fraction of sp³-hybridized carbons (Fsp3) is 0.565. The standard InChI is InChI=1S/C23H27N5O3/c24-14-23(17-10-25-11-17)5-7-27(8-6-23)12-15-1-2-18-16(9-15)13-28(22(18)31)19-3-4-20(29)26-21(19)30/h1-2,9,17,19,25H,3-8,10-13H2,(H,26,29,30). The highest BCUT2D eigenvalue weighted by atomic mass is 16.2. The smallest absolute Gasteiger partial charge is 0.255 e. The van der Waals surface area contributed by atoms with Gasteiger partial charge >= 0.3 is 0 Å². The van der Waals surface area contributed by atoms with E-state index in [2.05, 4.69) is 27.7 Å². The van der Waals surface area contributed by atoms with Gasteiger partial charge in [-0.3, -0.25) is 24.6 Å². The molecule has 5 rings (SSSR count). The van der Waals surface area contributed by atoms with E-state index < -0.39 is 6.04 Å². The zero-order valence-corrected chi connectivity index (χ0v) is 17.5. The number of rotatable bonds is 4. The topological polar surface area (TPSA) is 106 Å². The Labute approximate surface area is 181 Å². The minimum atomic E-state index is -0.580. The number of imide groups is 1. The summed E-state index contributed by atoms with van der Waals surface area (Å²) >= 11 is 0. The number of nitrogens with zero attached hydrogens (tertiary/aromatic N) is 3. The molecule has 1 unspecified atom stereocenters. The molecule has 3 amide bonds. The highest BCUT2D eigenvalue weighted by molar-refractivity contribution is 6.05. The number of carbonyl (C=O) groups is 3. The first-order chi connectivity index (χ1) is 15.0. The van der Waals surface area contributed by atoms with Crippen LogP contribution >= 0.6 is 0 Å². The van der Waals surface area contributed by atoms with Gasteiger partial charge in [0.2, 0.25) is 11.8 Å². The summed E-state index contributed by atoms with van der Waals surface area (Å²) in [4.78, 5) is 40.5. The highest BCUT2D eigenvalue weighted by Crippen LogP contribution is 2.40. The molecule has 3 saturated heterocycles. The quantitative estimate of drug-likeness (QED) is 0.696. The number of hydrogen-bond donors (Lipinski definition) is 2. The van der Waals surface area contributed by atoms with Gasteiger partial charge in [-0.1, -0.05) is 12.1 Å². The lowest BCUT2D eigenvalue weighted by Crippen LogP contribution is -2.54. The summed E-state index contributed by atoms with van der Waals surface area (Å²) in [6.07, 6.45) is 2.45. The van der Waals surface area contributed by atoms with E-state index in [1.807, 2.05) is 12.1 Å². The Morgan fingerprint density at radius 1 is 1.16 bits per heavy atom. The molecule has 3 fully saturated rings. The van der Waals surface area contributed by atoms with Crippen molar-refractivity contribution in [3.05, 3.63) is 34.9 Å². The Kier molecular flexibility index (Phi) is 5.03. The molecule has 0 saturated carbocycles. The van der Waals surface area contributed by atoms with Crippen molar-refractivity contribution in [2.45, 2.75) is 44.8 Å². The maximum atomic E-state index is 12.8. The van der Waals surface area contributed by atoms with E-state index in [0.717, 1.165) is 56.7 Å². The number of hydrogen-bond acceptors (Lipinski definition) is 6. The highest BCUT2D eigenvalue weighted by Gasteiger charge is 2.44. The molecule has 0 aliphatic carbocycles. The van der Waals surface area contributed by atoms with Crippen molar-refractivity contribution < 1.29 is 14.4 Å². The Balaban J connectivity index is 1.23. The third-order valence-corrected chi connectivity index (χ3v) is 7.53. The molecule has 31 heavy (non-hydrogen) atoms. The van der Waals surface area contributed by atoms with Crippen LogP contribution in [-0.2, 0) is 22.7 Å². The predicted molar refractivity (Wildman–Crippen MR) is 111 cm³/mol. The van der Waals surface area contributed by atoms with Gasteiger partial charge in [0.1, 0.15) is 6.04 Å². The third-order valence-electron chi connectivity index (χ3n) is 7.53. The van der Waals surface area contributed by atoms with Crippen LogP contribution in [0.3, 0.4) is 0 Å². The maximum Gasteiger partial charge on any atom is 0.255 e. The number of nitrogens with one attached hydrogen (secondary N) is 2. The second-order valence-corrected chi connectivity index (χ2v) is 9.29. The summed E-state index contributed by atoms with van der Waals surface area (Å²) in [6.45, 7) is 4.92. The average molecular weight is 422 g/mol. The van der Waals surface area contributed by atoms with E-state index in [4.69, 9.17) is 0 Å². The Hall–Kier alpha value is -2.76. The van der Waals surface area contributed by atoms with Gasteiger partial charge in [0.15, 0.2) is 0 Å². The largest absolute Gasteiger partial charge is 0.322 e. The van der Waals surface area contributed by atoms with Crippen molar-refractivity contribution >= 4 is 17.7 Å². The average Bonchev–Trinajstić information content (AvgIpc) is 3.04. The zero-order valence-electron chi connectivity index (χ0n) is 17.5. The second-order valence-electron chi connectivity index (χ2n) is 9.29. The first-order valence-corrected chi connectivity index (χ1v) is 11.1. The molecule has 4 aliphatic heterocycles. The number of carbonyl (C=O) groups excluding carboxylic acids is 3. The number of nitriles is 1. The van der Waals surface area contributed by atoms with Gasteiger partial charge in [-0.25, -0.2) is 0 Å². The Morgan fingerprint density at radius 2 is 1.94 bits per heavy atom. The van der Waals surface area contributed by atoms with Gasteiger partial charge in [0.25, 0.3) is 5.91 Å². The zero-order chi connectivity index (χ0) is 21.6. The van der Waals surface area contributed by atoms with Crippen LogP contribution in [0.15, 0.2) is 18.2 Å². The van der Waals surface area contributed by atoms with Crippen LogP contribution in [0.4, 0.5) is 0 Å². The third kappa shape index (κ3) is 3.52. The van der Waals surface area contributed by atoms with Crippen molar-refractivity contribution in [2.75, 3.05) is 26.2 Å². The number of piperidine rings is 2. The molecule has 0 aromatic heterocycles. The molecule has 1 aromatic rings. The summed E-state index contributed by atoms with van der Waals surface area (Å²) in [5.74, 6) is -0.317.